The van der Waals surface area contributed by atoms with Crippen molar-refractivity contribution in [1.29, 1.82) is 0 Å². The minimum atomic E-state index is -0.0408. The molecule has 20 heavy (non-hydrogen) atoms. The van der Waals surface area contributed by atoms with Gasteiger partial charge in [-0.15, -0.1) is 0 Å². The van der Waals surface area contributed by atoms with Crippen molar-refractivity contribution in [3.05, 3.63) is 29.6 Å². The summed E-state index contributed by atoms with van der Waals surface area (Å²) >= 11 is 0. The summed E-state index contributed by atoms with van der Waals surface area (Å²) in [6.45, 7) is 4.18. The quantitative estimate of drug-likeness (QED) is 0.649. The summed E-state index contributed by atoms with van der Waals surface area (Å²) in [5.74, 6) is 1.26. The van der Waals surface area contributed by atoms with Gasteiger partial charge in [-0.3, -0.25) is 0 Å². The van der Waals surface area contributed by atoms with Crippen molar-refractivity contribution in [1.82, 2.24) is 0 Å². The van der Waals surface area contributed by atoms with E-state index in [0.717, 1.165) is 31.2 Å². The molecular weight excluding hydrogens is 255 g/mol. The molecule has 0 aliphatic carbocycles. The monoisotopic (exact) mass is 280 g/mol. The SMILES string of the molecule is CCCC(CCC)C(F)=Cc1ccc(OC)c(OC)c1. The van der Waals surface area contributed by atoms with Crippen molar-refractivity contribution in [2.45, 2.75) is 39.5 Å². The molecule has 1 aromatic carbocycles. The Morgan fingerprint density at radius 2 is 1.70 bits per heavy atom. The normalized spacial score (nSPS) is 11.8. The summed E-state index contributed by atoms with van der Waals surface area (Å²) in [5.41, 5.74) is 0.803. The standard InChI is InChI=1S/C17H25FO2/c1-5-7-14(8-6-2)15(18)11-13-9-10-16(19-3)17(12-13)20-4/h9-12,14H,5-8H2,1-4H3. The summed E-state index contributed by atoms with van der Waals surface area (Å²) in [4.78, 5) is 0. The van der Waals surface area contributed by atoms with E-state index in [1.54, 1.807) is 32.4 Å². The van der Waals surface area contributed by atoms with E-state index in [9.17, 15) is 4.39 Å². The molecule has 0 atom stereocenters. The van der Waals surface area contributed by atoms with Crippen LogP contribution in [0.25, 0.3) is 6.08 Å². The third-order valence-electron chi connectivity index (χ3n) is 3.38. The summed E-state index contributed by atoms with van der Waals surface area (Å²) in [6.07, 6.45) is 5.39. The Morgan fingerprint density at radius 1 is 1.10 bits per heavy atom. The molecule has 0 aliphatic rings. The summed E-state index contributed by atoms with van der Waals surface area (Å²) in [7, 11) is 3.17. The first kappa shape index (κ1) is 16.5. The number of hydrogen-bond donors (Lipinski definition) is 0. The van der Waals surface area contributed by atoms with Gasteiger partial charge in [0.2, 0.25) is 0 Å². The van der Waals surface area contributed by atoms with Gasteiger partial charge in [-0.2, -0.15) is 0 Å². The van der Waals surface area contributed by atoms with E-state index in [1.165, 1.54) is 0 Å². The zero-order valence-electron chi connectivity index (χ0n) is 12.9. The topological polar surface area (TPSA) is 18.5 Å². The molecule has 0 aliphatic heterocycles. The molecule has 0 spiro atoms. The summed E-state index contributed by atoms with van der Waals surface area (Å²) in [5, 5.41) is 0. The summed E-state index contributed by atoms with van der Waals surface area (Å²) in [6, 6.07) is 5.44. The molecule has 0 unspecified atom stereocenters. The van der Waals surface area contributed by atoms with Crippen LogP contribution in [0.15, 0.2) is 24.0 Å². The Morgan fingerprint density at radius 3 is 2.20 bits per heavy atom. The van der Waals surface area contributed by atoms with E-state index in [2.05, 4.69) is 13.8 Å². The number of hydrogen-bond acceptors (Lipinski definition) is 2. The zero-order valence-corrected chi connectivity index (χ0v) is 12.9. The van der Waals surface area contributed by atoms with Crippen LogP contribution in [0.1, 0.15) is 45.1 Å². The molecule has 0 aromatic heterocycles. The minimum absolute atomic E-state index is 0.0260. The number of methoxy groups -OCH3 is 2. The smallest absolute Gasteiger partial charge is 0.161 e. The van der Waals surface area contributed by atoms with Gasteiger partial charge in [0.05, 0.1) is 14.2 Å². The van der Waals surface area contributed by atoms with Gasteiger partial charge in [-0.25, -0.2) is 4.39 Å². The molecule has 0 bridgehead atoms. The van der Waals surface area contributed by atoms with Crippen molar-refractivity contribution >= 4 is 6.08 Å². The minimum Gasteiger partial charge on any atom is -0.493 e. The highest BCUT2D eigenvalue weighted by atomic mass is 19.1. The highest BCUT2D eigenvalue weighted by Gasteiger charge is 2.13. The fourth-order valence-electron chi connectivity index (χ4n) is 2.34. The lowest BCUT2D eigenvalue weighted by Gasteiger charge is -2.13. The molecule has 0 radical (unpaired) electrons. The van der Waals surface area contributed by atoms with Gasteiger partial charge in [0, 0.05) is 5.92 Å². The molecule has 0 fully saturated rings. The Balaban J connectivity index is 2.96. The first-order chi connectivity index (χ1) is 9.65. The van der Waals surface area contributed by atoms with Crippen molar-refractivity contribution in [2.75, 3.05) is 14.2 Å². The third kappa shape index (κ3) is 4.55. The van der Waals surface area contributed by atoms with Gasteiger partial charge < -0.3 is 9.47 Å². The Kier molecular flexibility index (Phi) is 7.13. The van der Waals surface area contributed by atoms with E-state index in [0.29, 0.717) is 11.5 Å². The van der Waals surface area contributed by atoms with Crippen LogP contribution in [-0.4, -0.2) is 14.2 Å². The van der Waals surface area contributed by atoms with E-state index >= 15 is 0 Å². The van der Waals surface area contributed by atoms with Gasteiger partial charge in [0.25, 0.3) is 0 Å². The van der Waals surface area contributed by atoms with Crippen LogP contribution >= 0.6 is 0 Å². The van der Waals surface area contributed by atoms with Gasteiger partial charge in [-0.1, -0.05) is 32.8 Å². The largest absolute Gasteiger partial charge is 0.493 e. The first-order valence-electron chi connectivity index (χ1n) is 7.25. The highest BCUT2D eigenvalue weighted by molar-refractivity contribution is 5.57. The van der Waals surface area contributed by atoms with E-state index in [-0.39, 0.29) is 11.7 Å². The maximum absolute atomic E-state index is 14.3. The molecule has 0 amide bonds. The number of rotatable bonds is 8. The molecule has 112 valence electrons. The predicted molar refractivity (Wildman–Crippen MR) is 81.9 cm³/mol. The highest BCUT2D eigenvalue weighted by Crippen LogP contribution is 2.30. The molecular formula is C17H25FO2. The fraction of sp³-hybridized carbons (Fsp3) is 0.529. The Bertz CT molecular complexity index is 435. The van der Waals surface area contributed by atoms with Crippen LogP contribution in [0.2, 0.25) is 0 Å². The predicted octanol–water partition coefficient (Wildman–Crippen LogP) is 5.23. The zero-order chi connectivity index (χ0) is 15.0. The van der Waals surface area contributed by atoms with Crippen LogP contribution in [0, 0.1) is 5.92 Å². The van der Waals surface area contributed by atoms with Crippen molar-refractivity contribution < 1.29 is 13.9 Å². The maximum atomic E-state index is 14.3. The molecule has 0 heterocycles. The van der Waals surface area contributed by atoms with Gasteiger partial charge in [0.1, 0.15) is 5.83 Å². The number of ether oxygens (including phenoxy) is 2. The average Bonchev–Trinajstić information content (AvgIpc) is 2.46. The van der Waals surface area contributed by atoms with E-state index in [1.807, 2.05) is 6.07 Å². The third-order valence-corrected chi connectivity index (χ3v) is 3.38. The average molecular weight is 280 g/mol. The lowest BCUT2D eigenvalue weighted by atomic mass is 9.95. The van der Waals surface area contributed by atoms with E-state index in [4.69, 9.17) is 9.47 Å². The molecule has 2 nitrogen and oxygen atoms in total. The lowest BCUT2D eigenvalue weighted by Crippen LogP contribution is -2.00. The van der Waals surface area contributed by atoms with Crippen LogP contribution < -0.4 is 9.47 Å². The number of halogens is 1. The van der Waals surface area contributed by atoms with Crippen molar-refractivity contribution in [3.63, 3.8) is 0 Å². The molecule has 0 saturated carbocycles. The van der Waals surface area contributed by atoms with E-state index < -0.39 is 0 Å². The second-order valence-electron chi connectivity index (χ2n) is 4.92. The van der Waals surface area contributed by atoms with Crippen LogP contribution in [0.4, 0.5) is 4.39 Å². The van der Waals surface area contributed by atoms with Gasteiger partial charge in [0.15, 0.2) is 11.5 Å². The van der Waals surface area contributed by atoms with Crippen LogP contribution in [0.3, 0.4) is 0 Å². The Labute approximate surface area is 121 Å². The second kappa shape index (κ2) is 8.62. The fourth-order valence-corrected chi connectivity index (χ4v) is 2.34. The summed E-state index contributed by atoms with van der Waals surface area (Å²) < 4.78 is 24.8. The van der Waals surface area contributed by atoms with Crippen LogP contribution in [-0.2, 0) is 0 Å². The van der Waals surface area contributed by atoms with Gasteiger partial charge >= 0.3 is 0 Å². The number of benzene rings is 1. The molecule has 1 rings (SSSR count). The van der Waals surface area contributed by atoms with Crippen LogP contribution in [0.5, 0.6) is 11.5 Å². The molecule has 1 aromatic rings. The van der Waals surface area contributed by atoms with Crippen molar-refractivity contribution in [3.8, 4) is 11.5 Å². The molecule has 0 saturated heterocycles. The molecule has 3 heteroatoms. The molecule has 0 N–H and O–H groups in total. The number of allylic oxidation sites excluding steroid dienone is 1. The maximum Gasteiger partial charge on any atom is 0.161 e. The van der Waals surface area contributed by atoms with Gasteiger partial charge in [-0.05, 0) is 36.6 Å². The lowest BCUT2D eigenvalue weighted by molar-refractivity contribution is 0.355. The second-order valence-corrected chi connectivity index (χ2v) is 4.92. The Hall–Kier alpha value is -1.51. The first-order valence-corrected chi connectivity index (χ1v) is 7.25. The van der Waals surface area contributed by atoms with Crippen molar-refractivity contribution in [2.24, 2.45) is 5.92 Å².